The normalized spacial score (nSPS) is 25.1. The summed E-state index contributed by atoms with van der Waals surface area (Å²) in [5.41, 5.74) is 0. The van der Waals surface area contributed by atoms with Gasteiger partial charge in [0.2, 0.25) is 0 Å². The van der Waals surface area contributed by atoms with E-state index in [9.17, 15) is 5.26 Å². The molecule has 1 aliphatic rings. The molecule has 0 aliphatic heterocycles. The number of hydrogen-bond donors (Lipinski definition) is 0. The van der Waals surface area contributed by atoms with Gasteiger partial charge in [-0.3, -0.25) is 4.90 Å². The Morgan fingerprint density at radius 1 is 1.17 bits per heavy atom. The lowest BCUT2D eigenvalue weighted by Gasteiger charge is -2.36. The van der Waals surface area contributed by atoms with Crippen LogP contribution in [0.25, 0.3) is 0 Å². The van der Waals surface area contributed by atoms with Crippen LogP contribution in [0.5, 0.6) is 0 Å². The molecule has 2 unspecified atom stereocenters. The van der Waals surface area contributed by atoms with Crippen LogP contribution in [0.1, 0.15) is 72.1 Å². The maximum atomic E-state index is 9.41. The molecule has 0 aromatic rings. The smallest absolute Gasteiger partial charge is 0.0672 e. The maximum absolute atomic E-state index is 9.41. The van der Waals surface area contributed by atoms with Gasteiger partial charge in [0, 0.05) is 12.1 Å². The third-order valence-corrected chi connectivity index (χ3v) is 4.25. The van der Waals surface area contributed by atoms with Crippen LogP contribution in [0.15, 0.2) is 0 Å². The van der Waals surface area contributed by atoms with E-state index in [1.54, 1.807) is 0 Å². The lowest BCUT2D eigenvalue weighted by Crippen LogP contribution is -2.44. The van der Waals surface area contributed by atoms with Gasteiger partial charge in [0.25, 0.3) is 0 Å². The number of unbranched alkanes of at least 4 members (excludes halogenated alkanes) is 2. The monoisotopic (exact) mass is 250 g/mol. The molecule has 0 radical (unpaired) electrons. The lowest BCUT2D eigenvalue weighted by molar-refractivity contribution is 0.115. The van der Waals surface area contributed by atoms with E-state index >= 15 is 0 Å². The van der Waals surface area contributed by atoms with E-state index in [0.29, 0.717) is 12.1 Å². The van der Waals surface area contributed by atoms with Crippen LogP contribution in [0.4, 0.5) is 0 Å². The number of nitrogens with zero attached hydrogens (tertiary/aromatic N) is 2. The second-order valence-corrected chi connectivity index (χ2v) is 5.98. The van der Waals surface area contributed by atoms with Crippen molar-refractivity contribution in [3.63, 3.8) is 0 Å². The highest BCUT2D eigenvalue weighted by Crippen LogP contribution is 2.28. The molecule has 104 valence electrons. The summed E-state index contributed by atoms with van der Waals surface area (Å²) in [6.07, 6.45) is 10.1. The molecule has 0 spiro atoms. The van der Waals surface area contributed by atoms with Crippen LogP contribution in [-0.2, 0) is 0 Å². The molecule has 0 amide bonds. The zero-order valence-electron chi connectivity index (χ0n) is 12.5. The standard InChI is InChI=1S/C16H30N2/c1-4-5-9-12-18(14(2)3)16-11-8-6-7-10-15(16)13-17/h14-16H,4-12H2,1-3H3. The van der Waals surface area contributed by atoms with E-state index in [2.05, 4.69) is 31.7 Å². The summed E-state index contributed by atoms with van der Waals surface area (Å²) in [5, 5.41) is 9.41. The molecule has 0 aromatic carbocycles. The molecule has 0 N–H and O–H groups in total. The summed E-state index contributed by atoms with van der Waals surface area (Å²) in [7, 11) is 0. The van der Waals surface area contributed by atoms with Gasteiger partial charge in [0.15, 0.2) is 0 Å². The largest absolute Gasteiger partial charge is 0.297 e. The van der Waals surface area contributed by atoms with Crippen molar-refractivity contribution in [2.45, 2.75) is 84.2 Å². The summed E-state index contributed by atoms with van der Waals surface area (Å²) >= 11 is 0. The molecular formula is C16H30N2. The van der Waals surface area contributed by atoms with Gasteiger partial charge in [-0.1, -0.05) is 39.0 Å². The van der Waals surface area contributed by atoms with E-state index in [-0.39, 0.29) is 5.92 Å². The SMILES string of the molecule is CCCCCN(C(C)C)C1CCCCCC1C#N. The van der Waals surface area contributed by atoms with Gasteiger partial charge in [-0.2, -0.15) is 5.26 Å². The lowest BCUT2D eigenvalue weighted by atomic mass is 9.93. The minimum absolute atomic E-state index is 0.261. The minimum Gasteiger partial charge on any atom is -0.297 e. The van der Waals surface area contributed by atoms with Crippen LogP contribution < -0.4 is 0 Å². The summed E-state index contributed by atoms with van der Waals surface area (Å²) < 4.78 is 0. The molecule has 0 saturated heterocycles. The zero-order chi connectivity index (χ0) is 13.4. The van der Waals surface area contributed by atoms with Gasteiger partial charge in [-0.25, -0.2) is 0 Å². The molecular weight excluding hydrogens is 220 g/mol. The quantitative estimate of drug-likeness (QED) is 0.517. The predicted octanol–water partition coefficient (Wildman–Crippen LogP) is 4.36. The van der Waals surface area contributed by atoms with Crippen LogP contribution in [0.2, 0.25) is 0 Å². The fourth-order valence-electron chi connectivity index (χ4n) is 3.19. The third kappa shape index (κ3) is 4.61. The highest BCUT2D eigenvalue weighted by Gasteiger charge is 2.29. The molecule has 2 atom stereocenters. The van der Waals surface area contributed by atoms with Crippen molar-refractivity contribution in [1.29, 1.82) is 5.26 Å². The van der Waals surface area contributed by atoms with Gasteiger partial charge in [0.1, 0.15) is 0 Å². The molecule has 1 saturated carbocycles. The van der Waals surface area contributed by atoms with E-state index in [1.165, 1.54) is 51.5 Å². The van der Waals surface area contributed by atoms with E-state index < -0.39 is 0 Å². The fraction of sp³-hybridized carbons (Fsp3) is 0.938. The Labute approximate surface area is 113 Å². The molecule has 18 heavy (non-hydrogen) atoms. The molecule has 0 bridgehead atoms. The van der Waals surface area contributed by atoms with Crippen molar-refractivity contribution in [3.05, 3.63) is 0 Å². The highest BCUT2D eigenvalue weighted by atomic mass is 15.2. The third-order valence-electron chi connectivity index (χ3n) is 4.25. The van der Waals surface area contributed by atoms with Crippen molar-refractivity contribution in [3.8, 4) is 6.07 Å². The first-order chi connectivity index (χ1) is 8.70. The second-order valence-electron chi connectivity index (χ2n) is 5.98. The highest BCUT2D eigenvalue weighted by molar-refractivity contribution is 4.95. The van der Waals surface area contributed by atoms with Gasteiger partial charge in [-0.15, -0.1) is 0 Å². The Hall–Kier alpha value is -0.550. The number of nitriles is 1. The van der Waals surface area contributed by atoms with Crippen molar-refractivity contribution in [1.82, 2.24) is 4.90 Å². The van der Waals surface area contributed by atoms with Crippen molar-refractivity contribution < 1.29 is 0 Å². The summed E-state index contributed by atoms with van der Waals surface area (Å²) in [6, 6.07) is 3.66. The molecule has 0 heterocycles. The van der Waals surface area contributed by atoms with Crippen molar-refractivity contribution in [2.75, 3.05) is 6.54 Å². The van der Waals surface area contributed by atoms with Gasteiger partial charge < -0.3 is 0 Å². The topological polar surface area (TPSA) is 27.0 Å². The number of rotatable bonds is 6. The van der Waals surface area contributed by atoms with Crippen LogP contribution in [0, 0.1) is 17.2 Å². The average Bonchev–Trinajstić information content (AvgIpc) is 2.59. The average molecular weight is 250 g/mol. The van der Waals surface area contributed by atoms with Gasteiger partial charge in [-0.05, 0) is 39.7 Å². The minimum atomic E-state index is 0.261. The summed E-state index contributed by atoms with van der Waals surface area (Å²) in [5.74, 6) is 0.261. The Kier molecular flexibility index (Phi) is 7.35. The van der Waals surface area contributed by atoms with Crippen molar-refractivity contribution in [2.24, 2.45) is 5.92 Å². The molecule has 2 heteroatoms. The second kappa shape index (κ2) is 8.53. The maximum Gasteiger partial charge on any atom is 0.0672 e. The van der Waals surface area contributed by atoms with Crippen LogP contribution >= 0.6 is 0 Å². The zero-order valence-corrected chi connectivity index (χ0v) is 12.5. The van der Waals surface area contributed by atoms with Crippen LogP contribution in [-0.4, -0.2) is 23.5 Å². The van der Waals surface area contributed by atoms with E-state index in [0.717, 1.165) is 6.42 Å². The predicted molar refractivity (Wildman–Crippen MR) is 77.3 cm³/mol. The molecule has 1 rings (SSSR count). The molecule has 1 aliphatic carbocycles. The fourth-order valence-corrected chi connectivity index (χ4v) is 3.19. The first-order valence-corrected chi connectivity index (χ1v) is 7.86. The Balaban J connectivity index is 2.65. The van der Waals surface area contributed by atoms with Crippen molar-refractivity contribution >= 4 is 0 Å². The first-order valence-electron chi connectivity index (χ1n) is 7.86. The van der Waals surface area contributed by atoms with E-state index in [4.69, 9.17) is 0 Å². The van der Waals surface area contributed by atoms with E-state index in [1.807, 2.05) is 0 Å². The Bertz CT molecular complexity index is 254. The van der Waals surface area contributed by atoms with Gasteiger partial charge >= 0.3 is 0 Å². The summed E-state index contributed by atoms with van der Waals surface area (Å²) in [6.45, 7) is 7.99. The number of hydrogen-bond acceptors (Lipinski definition) is 2. The van der Waals surface area contributed by atoms with Crippen LogP contribution in [0.3, 0.4) is 0 Å². The molecule has 1 fully saturated rings. The Morgan fingerprint density at radius 3 is 2.50 bits per heavy atom. The van der Waals surface area contributed by atoms with Gasteiger partial charge in [0.05, 0.1) is 12.0 Å². The molecule has 0 aromatic heterocycles. The Morgan fingerprint density at radius 2 is 1.89 bits per heavy atom. The first kappa shape index (κ1) is 15.5. The summed E-state index contributed by atoms with van der Waals surface area (Å²) in [4.78, 5) is 2.61. The molecule has 2 nitrogen and oxygen atoms in total.